The molecule has 1 aromatic carbocycles. The molecule has 1 aliphatic rings. The van der Waals surface area contributed by atoms with Crippen LogP contribution in [-0.4, -0.2) is 60.8 Å². The van der Waals surface area contributed by atoms with Crippen molar-refractivity contribution in [3.8, 4) is 0 Å². The van der Waals surface area contributed by atoms with E-state index in [1.54, 1.807) is 22.1 Å². The highest BCUT2D eigenvalue weighted by atomic mass is 32.1. The van der Waals surface area contributed by atoms with Gasteiger partial charge in [-0.2, -0.15) is 0 Å². The molecule has 2 N–H and O–H groups in total. The van der Waals surface area contributed by atoms with Crippen LogP contribution in [0, 0.1) is 15.9 Å². The molecule has 3 unspecified atom stereocenters. The third kappa shape index (κ3) is 4.32. The van der Waals surface area contributed by atoms with Crippen LogP contribution in [0.25, 0.3) is 10.2 Å². The Kier molecular flexibility index (Phi) is 6.34. The standard InChI is InChI=1S/C21H24FN9O2S2/c1-3-16(20-25-26-27-30(20)12(2)17-5-4-8-34-17)29-7-6-28(11-18(29)31(32)33)21-24-15-10-13(23)9-14(22)19(15)35-21/h4-5,8-10,12,16,18H,3,6-7,11,23H2,1-2H3. The Labute approximate surface area is 208 Å². The molecule has 0 aliphatic carbocycles. The molecule has 5 rings (SSSR count). The number of nitrogens with zero attached hydrogens (tertiary/aromatic N) is 8. The number of tetrazole rings is 1. The summed E-state index contributed by atoms with van der Waals surface area (Å²) in [4.78, 5) is 21.2. The maximum absolute atomic E-state index is 14.3. The minimum absolute atomic E-state index is 0.0884. The van der Waals surface area contributed by atoms with E-state index in [4.69, 9.17) is 5.73 Å². The number of anilines is 2. The van der Waals surface area contributed by atoms with Gasteiger partial charge in [-0.1, -0.05) is 24.3 Å². The predicted octanol–water partition coefficient (Wildman–Crippen LogP) is 3.55. The summed E-state index contributed by atoms with van der Waals surface area (Å²) in [5.74, 6) is 0.164. The number of nitrogen functional groups attached to an aromatic ring is 1. The van der Waals surface area contributed by atoms with Gasteiger partial charge in [0.2, 0.25) is 0 Å². The molecule has 11 nitrogen and oxygen atoms in total. The van der Waals surface area contributed by atoms with Gasteiger partial charge >= 0.3 is 0 Å². The lowest BCUT2D eigenvalue weighted by Crippen LogP contribution is -2.57. The lowest BCUT2D eigenvalue weighted by atomic mass is 10.1. The Morgan fingerprint density at radius 1 is 1.37 bits per heavy atom. The van der Waals surface area contributed by atoms with Gasteiger partial charge in [-0.05, 0) is 47.4 Å². The first-order valence-corrected chi connectivity index (χ1v) is 12.9. The van der Waals surface area contributed by atoms with Crippen LogP contribution >= 0.6 is 22.7 Å². The Bertz CT molecular complexity index is 1340. The highest BCUT2D eigenvalue weighted by Crippen LogP contribution is 2.35. The second kappa shape index (κ2) is 9.43. The molecule has 0 saturated carbocycles. The SMILES string of the molecule is CCC(c1nnnn1C(C)c1cccs1)N1CCN(c2nc3cc(N)cc(F)c3s2)CC1[N+](=O)[O-]. The molecule has 14 heteroatoms. The molecule has 0 amide bonds. The van der Waals surface area contributed by atoms with Gasteiger partial charge in [-0.25, -0.2) is 19.0 Å². The molecular weight excluding hydrogens is 493 g/mol. The number of thiophene rings is 1. The summed E-state index contributed by atoms with van der Waals surface area (Å²) in [6.07, 6.45) is -0.397. The van der Waals surface area contributed by atoms with Gasteiger partial charge in [0, 0.05) is 28.6 Å². The zero-order chi connectivity index (χ0) is 24.7. The highest BCUT2D eigenvalue weighted by molar-refractivity contribution is 7.22. The third-order valence-electron chi connectivity index (χ3n) is 6.29. The molecule has 4 aromatic rings. The molecule has 0 spiro atoms. The fourth-order valence-electron chi connectivity index (χ4n) is 4.55. The van der Waals surface area contributed by atoms with Crippen molar-refractivity contribution in [1.82, 2.24) is 30.1 Å². The molecule has 184 valence electrons. The lowest BCUT2D eigenvalue weighted by molar-refractivity contribution is -0.552. The second-order valence-corrected chi connectivity index (χ2v) is 10.4. The molecule has 0 bridgehead atoms. The largest absolute Gasteiger partial charge is 0.399 e. The van der Waals surface area contributed by atoms with E-state index >= 15 is 0 Å². The molecule has 1 aliphatic heterocycles. The molecule has 0 radical (unpaired) electrons. The number of hydrogen-bond donors (Lipinski definition) is 1. The van der Waals surface area contributed by atoms with Gasteiger partial charge < -0.3 is 10.6 Å². The third-order valence-corrected chi connectivity index (χ3v) is 8.47. The van der Waals surface area contributed by atoms with Crippen molar-refractivity contribution in [2.24, 2.45) is 0 Å². The van der Waals surface area contributed by atoms with E-state index < -0.39 is 12.0 Å². The van der Waals surface area contributed by atoms with Gasteiger partial charge in [0.25, 0.3) is 6.17 Å². The summed E-state index contributed by atoms with van der Waals surface area (Å²) in [7, 11) is 0. The lowest BCUT2D eigenvalue weighted by Gasteiger charge is -2.39. The maximum Gasteiger partial charge on any atom is 0.286 e. The van der Waals surface area contributed by atoms with Crippen molar-refractivity contribution >= 4 is 43.7 Å². The molecule has 35 heavy (non-hydrogen) atoms. The fourth-order valence-corrected chi connectivity index (χ4v) is 6.31. The normalized spacial score (nSPS) is 18.7. The molecule has 1 fully saturated rings. The average Bonchev–Trinajstić information content (AvgIpc) is 3.60. The van der Waals surface area contributed by atoms with Crippen molar-refractivity contribution in [1.29, 1.82) is 0 Å². The van der Waals surface area contributed by atoms with Crippen molar-refractivity contribution in [3.63, 3.8) is 0 Å². The van der Waals surface area contributed by atoms with Gasteiger partial charge in [0.15, 0.2) is 11.0 Å². The van der Waals surface area contributed by atoms with Crippen LogP contribution in [0.3, 0.4) is 0 Å². The zero-order valence-corrected chi connectivity index (χ0v) is 20.7. The van der Waals surface area contributed by atoms with Gasteiger partial charge in [0.1, 0.15) is 12.4 Å². The van der Waals surface area contributed by atoms with E-state index in [1.807, 2.05) is 41.2 Å². The predicted molar refractivity (Wildman–Crippen MR) is 133 cm³/mol. The van der Waals surface area contributed by atoms with Gasteiger partial charge in [0.05, 0.1) is 22.3 Å². The minimum atomic E-state index is -1.00. The first kappa shape index (κ1) is 23.5. The molecule has 4 heterocycles. The fraction of sp³-hybridized carbons (Fsp3) is 0.429. The molecular formula is C21H24FN9O2S2. The summed E-state index contributed by atoms with van der Waals surface area (Å²) < 4.78 is 16.5. The number of piperazine rings is 1. The summed E-state index contributed by atoms with van der Waals surface area (Å²) in [6.45, 7) is 5.01. The van der Waals surface area contributed by atoms with E-state index in [9.17, 15) is 14.5 Å². The Balaban J connectivity index is 1.42. The van der Waals surface area contributed by atoms with Crippen LogP contribution in [0.4, 0.5) is 15.2 Å². The van der Waals surface area contributed by atoms with E-state index in [2.05, 4.69) is 20.5 Å². The number of benzene rings is 1. The van der Waals surface area contributed by atoms with E-state index in [-0.39, 0.29) is 23.6 Å². The summed E-state index contributed by atoms with van der Waals surface area (Å²) in [6, 6.07) is 6.44. The van der Waals surface area contributed by atoms with E-state index in [0.29, 0.717) is 46.4 Å². The van der Waals surface area contributed by atoms with Crippen LogP contribution in [0.5, 0.6) is 0 Å². The first-order chi connectivity index (χ1) is 16.9. The van der Waals surface area contributed by atoms with Crippen LogP contribution in [0.2, 0.25) is 0 Å². The number of rotatable bonds is 7. The maximum atomic E-state index is 14.3. The van der Waals surface area contributed by atoms with E-state index in [0.717, 1.165) is 4.88 Å². The zero-order valence-electron chi connectivity index (χ0n) is 19.1. The second-order valence-electron chi connectivity index (χ2n) is 8.39. The first-order valence-electron chi connectivity index (χ1n) is 11.2. The van der Waals surface area contributed by atoms with Gasteiger partial charge in [-0.3, -0.25) is 10.1 Å². The van der Waals surface area contributed by atoms with Crippen molar-refractivity contribution in [2.75, 3.05) is 30.3 Å². The molecule has 1 saturated heterocycles. The van der Waals surface area contributed by atoms with Crippen LogP contribution < -0.4 is 10.6 Å². The quantitative estimate of drug-likeness (QED) is 0.222. The highest BCUT2D eigenvalue weighted by Gasteiger charge is 2.42. The summed E-state index contributed by atoms with van der Waals surface area (Å²) in [5.41, 5.74) is 6.50. The number of thiazole rings is 1. The Morgan fingerprint density at radius 2 is 2.20 bits per heavy atom. The Hall–Kier alpha value is -3.23. The Morgan fingerprint density at radius 3 is 2.91 bits per heavy atom. The van der Waals surface area contributed by atoms with Crippen molar-refractivity contribution < 1.29 is 9.31 Å². The average molecular weight is 518 g/mol. The number of aromatic nitrogens is 5. The monoisotopic (exact) mass is 517 g/mol. The van der Waals surface area contributed by atoms with Crippen molar-refractivity contribution in [2.45, 2.75) is 38.5 Å². The number of nitrogens with two attached hydrogens (primary N) is 1. The number of fused-ring (bicyclic) bond motifs is 1. The van der Waals surface area contributed by atoms with Gasteiger partial charge in [-0.15, -0.1) is 16.4 Å². The van der Waals surface area contributed by atoms with Crippen molar-refractivity contribution in [3.05, 3.63) is 56.3 Å². The van der Waals surface area contributed by atoms with Crippen LogP contribution in [0.15, 0.2) is 29.6 Å². The molecule has 3 aromatic heterocycles. The summed E-state index contributed by atoms with van der Waals surface area (Å²) >= 11 is 2.79. The van der Waals surface area contributed by atoms with Crippen LogP contribution in [0.1, 0.15) is 43.1 Å². The minimum Gasteiger partial charge on any atom is -0.399 e. The number of hydrogen-bond acceptors (Lipinski definition) is 11. The summed E-state index contributed by atoms with van der Waals surface area (Å²) in [5, 5.41) is 27.1. The van der Waals surface area contributed by atoms with E-state index in [1.165, 1.54) is 17.4 Å². The topological polar surface area (TPSA) is 132 Å². The smallest absolute Gasteiger partial charge is 0.286 e. The number of halogens is 1. The molecule has 3 atom stereocenters. The number of nitro groups is 1. The van der Waals surface area contributed by atoms with Crippen LogP contribution in [-0.2, 0) is 0 Å².